The van der Waals surface area contributed by atoms with Crippen LogP contribution < -0.4 is 10.6 Å². The molecule has 2 atom stereocenters. The van der Waals surface area contributed by atoms with Gasteiger partial charge in [0.15, 0.2) is 0 Å². The summed E-state index contributed by atoms with van der Waals surface area (Å²) in [4.78, 5) is 22.7. The number of benzene rings is 1. The van der Waals surface area contributed by atoms with Crippen LogP contribution in [-0.4, -0.2) is 48.4 Å². The molecule has 0 saturated heterocycles. The van der Waals surface area contributed by atoms with Crippen LogP contribution in [0.2, 0.25) is 0 Å². The Morgan fingerprint density at radius 2 is 1.36 bits per heavy atom. The summed E-state index contributed by atoms with van der Waals surface area (Å²) in [5, 5.41) is 6.64. The minimum absolute atomic E-state index is 0.0661. The molecule has 0 bridgehead atoms. The number of thioether (sulfide) groups is 2. The fourth-order valence-electron chi connectivity index (χ4n) is 1.88. The Morgan fingerprint density at radius 1 is 0.955 bits per heavy atom. The highest BCUT2D eigenvalue weighted by Crippen LogP contribution is 2.36. The number of fused-ring (bicyclic) bond motifs is 1. The van der Waals surface area contributed by atoms with Gasteiger partial charge < -0.3 is 20.1 Å². The van der Waals surface area contributed by atoms with Crippen LogP contribution in [0, 0.1) is 0 Å². The molecule has 1 heterocycles. The van der Waals surface area contributed by atoms with Crippen LogP contribution >= 0.6 is 23.5 Å². The van der Waals surface area contributed by atoms with Crippen LogP contribution in [0.3, 0.4) is 0 Å². The highest BCUT2D eigenvalue weighted by atomic mass is 32.2. The monoisotopic (exact) mass is 342 g/mol. The van der Waals surface area contributed by atoms with E-state index in [4.69, 9.17) is 0 Å². The molecule has 6 nitrogen and oxygen atoms in total. The molecule has 2 N–H and O–H groups in total. The summed E-state index contributed by atoms with van der Waals surface area (Å²) in [5.41, 5.74) is 1.94. The third kappa shape index (κ3) is 4.48. The van der Waals surface area contributed by atoms with Crippen molar-refractivity contribution in [3.05, 3.63) is 24.3 Å². The number of esters is 2. The lowest BCUT2D eigenvalue weighted by Gasteiger charge is -2.35. The van der Waals surface area contributed by atoms with Gasteiger partial charge in [-0.2, -0.15) is 0 Å². The number of hydrogen-bond acceptors (Lipinski definition) is 8. The number of methoxy groups -OCH3 is 2. The fourth-order valence-corrected chi connectivity index (χ4v) is 4.13. The average Bonchev–Trinajstić information content (AvgIpc) is 2.56. The molecule has 1 aromatic carbocycles. The van der Waals surface area contributed by atoms with Gasteiger partial charge >= 0.3 is 11.9 Å². The van der Waals surface area contributed by atoms with Crippen molar-refractivity contribution >= 4 is 46.8 Å². The summed E-state index contributed by atoms with van der Waals surface area (Å²) in [6, 6.07) is 7.82. The normalized spacial score (nSPS) is 19.4. The van der Waals surface area contributed by atoms with Gasteiger partial charge in [0, 0.05) is 0 Å². The van der Waals surface area contributed by atoms with Crippen LogP contribution in [0.1, 0.15) is 0 Å². The predicted molar refractivity (Wildman–Crippen MR) is 90.2 cm³/mol. The van der Waals surface area contributed by atoms with Crippen molar-refractivity contribution < 1.29 is 19.1 Å². The predicted octanol–water partition coefficient (Wildman–Crippen LogP) is 1.99. The first kappa shape index (κ1) is 16.8. The van der Waals surface area contributed by atoms with Gasteiger partial charge in [-0.15, -0.1) is 23.5 Å². The number of rotatable bonds is 6. The van der Waals surface area contributed by atoms with Gasteiger partial charge in [0.1, 0.15) is 10.7 Å². The van der Waals surface area contributed by atoms with Gasteiger partial charge in [-0.05, 0) is 12.1 Å². The summed E-state index contributed by atoms with van der Waals surface area (Å²) >= 11 is 2.88. The van der Waals surface area contributed by atoms with Gasteiger partial charge in [-0.3, -0.25) is 9.59 Å². The van der Waals surface area contributed by atoms with Crippen LogP contribution in [0.15, 0.2) is 24.3 Å². The molecule has 1 aromatic rings. The van der Waals surface area contributed by atoms with Gasteiger partial charge in [0.25, 0.3) is 0 Å². The van der Waals surface area contributed by atoms with E-state index in [1.54, 1.807) is 0 Å². The van der Waals surface area contributed by atoms with E-state index in [9.17, 15) is 9.59 Å². The molecule has 120 valence electrons. The Kier molecular flexibility index (Phi) is 6.26. The Labute approximate surface area is 137 Å². The maximum Gasteiger partial charge on any atom is 0.315 e. The summed E-state index contributed by atoms with van der Waals surface area (Å²) in [5.74, 6) is -0.0645. The van der Waals surface area contributed by atoms with E-state index in [1.165, 1.54) is 37.7 Å². The van der Waals surface area contributed by atoms with Crippen molar-refractivity contribution in [2.45, 2.75) is 10.7 Å². The Balaban J connectivity index is 2.04. The highest BCUT2D eigenvalue weighted by molar-refractivity contribution is 8.04. The first-order valence-corrected chi connectivity index (χ1v) is 8.72. The van der Waals surface area contributed by atoms with Crippen LogP contribution in [0.25, 0.3) is 0 Å². The molecule has 1 aliphatic heterocycles. The number of hydrogen-bond donors (Lipinski definition) is 2. The Hall–Kier alpha value is -1.54. The van der Waals surface area contributed by atoms with Gasteiger partial charge in [0.2, 0.25) is 0 Å². The van der Waals surface area contributed by atoms with Crippen molar-refractivity contribution in [2.24, 2.45) is 0 Å². The van der Waals surface area contributed by atoms with Crippen LogP contribution in [0.5, 0.6) is 0 Å². The molecule has 0 radical (unpaired) electrons. The van der Waals surface area contributed by atoms with E-state index in [-0.39, 0.29) is 34.2 Å². The first-order chi connectivity index (χ1) is 10.6. The zero-order valence-corrected chi connectivity index (χ0v) is 14.0. The second-order valence-electron chi connectivity index (χ2n) is 4.45. The quantitative estimate of drug-likeness (QED) is 0.760. The van der Waals surface area contributed by atoms with E-state index in [1.807, 2.05) is 24.3 Å². The van der Waals surface area contributed by atoms with Gasteiger partial charge in [-0.1, -0.05) is 12.1 Å². The van der Waals surface area contributed by atoms with E-state index < -0.39 is 0 Å². The lowest BCUT2D eigenvalue weighted by molar-refractivity contribution is -0.138. The summed E-state index contributed by atoms with van der Waals surface area (Å²) in [7, 11) is 2.74. The highest BCUT2D eigenvalue weighted by Gasteiger charge is 2.29. The standard InChI is InChI=1S/C14H18N2O4S2/c1-19-11(17)7-21-13-14(22-8-12(18)20-2)16-10-6-4-3-5-9(10)15-13/h3-6,13-16H,7-8H2,1-2H3. The number of anilines is 2. The molecule has 8 heteroatoms. The molecular weight excluding hydrogens is 324 g/mol. The minimum atomic E-state index is -0.276. The van der Waals surface area contributed by atoms with Crippen molar-refractivity contribution in [1.29, 1.82) is 0 Å². The molecule has 2 rings (SSSR count). The number of para-hydroxylation sites is 2. The summed E-state index contributed by atoms with van der Waals surface area (Å²) < 4.78 is 9.35. The second kappa shape index (κ2) is 8.19. The summed E-state index contributed by atoms with van der Waals surface area (Å²) in [6.45, 7) is 0. The minimum Gasteiger partial charge on any atom is -0.468 e. The topological polar surface area (TPSA) is 76.7 Å². The van der Waals surface area contributed by atoms with Crippen molar-refractivity contribution in [3.63, 3.8) is 0 Å². The van der Waals surface area contributed by atoms with Crippen molar-refractivity contribution in [3.8, 4) is 0 Å². The lowest BCUT2D eigenvalue weighted by atomic mass is 10.2. The molecule has 0 fully saturated rings. The maximum absolute atomic E-state index is 11.3. The number of ether oxygens (including phenoxy) is 2. The second-order valence-corrected chi connectivity index (χ2v) is 6.71. The van der Waals surface area contributed by atoms with Crippen molar-refractivity contribution in [1.82, 2.24) is 0 Å². The third-order valence-electron chi connectivity index (χ3n) is 3.01. The number of carbonyl (C=O) groups excluding carboxylic acids is 2. The average molecular weight is 342 g/mol. The molecule has 0 saturated carbocycles. The molecule has 0 aliphatic carbocycles. The van der Waals surface area contributed by atoms with E-state index in [0.717, 1.165) is 11.4 Å². The number of carbonyl (C=O) groups is 2. The zero-order valence-electron chi connectivity index (χ0n) is 12.3. The molecule has 0 amide bonds. The van der Waals surface area contributed by atoms with Gasteiger partial charge in [0.05, 0.1) is 37.1 Å². The van der Waals surface area contributed by atoms with E-state index in [0.29, 0.717) is 0 Å². The smallest absolute Gasteiger partial charge is 0.315 e. The summed E-state index contributed by atoms with van der Waals surface area (Å²) in [6.07, 6.45) is 0. The number of nitrogens with one attached hydrogen (secondary N) is 2. The maximum atomic E-state index is 11.3. The molecular formula is C14H18N2O4S2. The van der Waals surface area contributed by atoms with Gasteiger partial charge in [-0.25, -0.2) is 0 Å². The largest absolute Gasteiger partial charge is 0.468 e. The Bertz CT molecular complexity index is 494. The SMILES string of the molecule is COC(=O)CSC1Nc2ccccc2NC1SCC(=O)OC. The van der Waals surface area contributed by atoms with Crippen molar-refractivity contribution in [2.75, 3.05) is 36.4 Å². The van der Waals surface area contributed by atoms with Crippen LogP contribution in [0.4, 0.5) is 11.4 Å². The van der Waals surface area contributed by atoms with Crippen LogP contribution in [-0.2, 0) is 19.1 Å². The lowest BCUT2D eigenvalue weighted by Crippen LogP contribution is -2.40. The Morgan fingerprint density at radius 3 is 1.73 bits per heavy atom. The third-order valence-corrected chi connectivity index (χ3v) is 5.49. The molecule has 0 aromatic heterocycles. The van der Waals surface area contributed by atoms with E-state index >= 15 is 0 Å². The first-order valence-electron chi connectivity index (χ1n) is 6.63. The molecule has 2 unspecified atom stereocenters. The molecule has 1 aliphatic rings. The molecule has 0 spiro atoms. The van der Waals surface area contributed by atoms with E-state index in [2.05, 4.69) is 20.1 Å². The fraction of sp³-hybridized carbons (Fsp3) is 0.429. The molecule has 22 heavy (non-hydrogen) atoms. The zero-order chi connectivity index (χ0) is 15.9.